The van der Waals surface area contributed by atoms with Gasteiger partial charge < -0.3 is 5.32 Å². The van der Waals surface area contributed by atoms with E-state index in [-0.39, 0.29) is 5.25 Å². The van der Waals surface area contributed by atoms with Crippen LogP contribution in [-0.4, -0.2) is 32.5 Å². The van der Waals surface area contributed by atoms with E-state index in [1.807, 2.05) is 0 Å². The van der Waals surface area contributed by atoms with Crippen molar-refractivity contribution in [2.75, 3.05) is 18.8 Å². The van der Waals surface area contributed by atoms with E-state index in [9.17, 15) is 8.42 Å². The molecule has 0 heterocycles. The zero-order chi connectivity index (χ0) is 13.5. The van der Waals surface area contributed by atoms with E-state index in [2.05, 4.69) is 26.1 Å². The van der Waals surface area contributed by atoms with Gasteiger partial charge in [0.2, 0.25) is 0 Å². The van der Waals surface area contributed by atoms with Crippen LogP contribution in [0, 0.1) is 11.8 Å². The highest BCUT2D eigenvalue weighted by Gasteiger charge is 2.19. The first-order valence-corrected chi connectivity index (χ1v) is 8.45. The maximum absolute atomic E-state index is 11.7. The van der Waals surface area contributed by atoms with Gasteiger partial charge in [0, 0.05) is 0 Å². The molecule has 0 aliphatic rings. The molecule has 2 atom stereocenters. The molecule has 2 unspecified atom stereocenters. The monoisotopic (exact) mass is 263 g/mol. The summed E-state index contributed by atoms with van der Waals surface area (Å²) in [6, 6.07) is 0. The van der Waals surface area contributed by atoms with Crippen LogP contribution in [0.15, 0.2) is 0 Å². The van der Waals surface area contributed by atoms with Crippen molar-refractivity contribution >= 4 is 9.84 Å². The molecule has 0 bridgehead atoms. The van der Waals surface area contributed by atoms with Crippen LogP contribution in [0.25, 0.3) is 0 Å². The third-order valence-electron chi connectivity index (χ3n) is 3.44. The molecule has 104 valence electrons. The maximum Gasteiger partial charge on any atom is 0.152 e. The lowest BCUT2D eigenvalue weighted by Gasteiger charge is -2.20. The smallest absolute Gasteiger partial charge is 0.152 e. The van der Waals surface area contributed by atoms with Crippen LogP contribution < -0.4 is 5.32 Å². The summed E-state index contributed by atoms with van der Waals surface area (Å²) in [5.41, 5.74) is 0. The molecule has 1 N–H and O–H groups in total. The molecule has 0 rings (SSSR count). The molecule has 0 saturated heterocycles. The van der Waals surface area contributed by atoms with E-state index in [1.165, 1.54) is 0 Å². The molecule has 0 aliphatic carbocycles. The first kappa shape index (κ1) is 16.9. The van der Waals surface area contributed by atoms with Gasteiger partial charge in [-0.1, -0.05) is 20.8 Å². The Morgan fingerprint density at radius 3 is 2.12 bits per heavy atom. The Hall–Kier alpha value is -0.0900. The first-order chi connectivity index (χ1) is 7.81. The van der Waals surface area contributed by atoms with Crippen molar-refractivity contribution in [2.45, 2.75) is 52.7 Å². The predicted octanol–water partition coefficient (Wildman–Crippen LogP) is 2.47. The maximum atomic E-state index is 11.7. The minimum absolute atomic E-state index is 0.247. The molecule has 0 fully saturated rings. The quantitative estimate of drug-likeness (QED) is 0.650. The minimum atomic E-state index is -2.87. The SMILES string of the molecule is CCCNCC(C)C(C)CCS(=O)(=O)C(C)C. The normalized spacial score (nSPS) is 16.1. The summed E-state index contributed by atoms with van der Waals surface area (Å²) in [5.74, 6) is 1.31. The molecule has 3 nitrogen and oxygen atoms in total. The van der Waals surface area contributed by atoms with E-state index in [0.717, 1.165) is 25.9 Å². The highest BCUT2D eigenvalue weighted by atomic mass is 32.2. The van der Waals surface area contributed by atoms with Crippen molar-refractivity contribution in [1.82, 2.24) is 5.32 Å². The van der Waals surface area contributed by atoms with Crippen LogP contribution in [0.5, 0.6) is 0 Å². The molecule has 0 aromatic rings. The average Bonchev–Trinajstić information content (AvgIpc) is 2.26. The highest BCUT2D eigenvalue weighted by molar-refractivity contribution is 7.91. The summed E-state index contributed by atoms with van der Waals surface area (Å²) in [5, 5.41) is 3.14. The Bertz CT molecular complexity index is 286. The Kier molecular flexibility index (Phi) is 8.05. The summed E-state index contributed by atoms with van der Waals surface area (Å²) in [6.07, 6.45) is 1.91. The van der Waals surface area contributed by atoms with Gasteiger partial charge in [0.15, 0.2) is 9.84 Å². The predicted molar refractivity (Wildman–Crippen MR) is 75.0 cm³/mol. The highest BCUT2D eigenvalue weighted by Crippen LogP contribution is 2.16. The van der Waals surface area contributed by atoms with Crippen molar-refractivity contribution in [1.29, 1.82) is 0 Å². The summed E-state index contributed by atoms with van der Waals surface area (Å²) in [6.45, 7) is 12.0. The largest absolute Gasteiger partial charge is 0.316 e. The second-order valence-corrected chi connectivity index (χ2v) is 8.04. The van der Waals surface area contributed by atoms with E-state index in [0.29, 0.717) is 17.6 Å². The average molecular weight is 263 g/mol. The second kappa shape index (κ2) is 8.09. The Labute approximate surface area is 107 Å². The van der Waals surface area contributed by atoms with Gasteiger partial charge in [-0.15, -0.1) is 0 Å². The molecule has 17 heavy (non-hydrogen) atoms. The van der Waals surface area contributed by atoms with Gasteiger partial charge in [0.05, 0.1) is 11.0 Å². The van der Waals surface area contributed by atoms with Gasteiger partial charge >= 0.3 is 0 Å². The van der Waals surface area contributed by atoms with Crippen molar-refractivity contribution in [2.24, 2.45) is 11.8 Å². The Balaban J connectivity index is 3.97. The lowest BCUT2D eigenvalue weighted by atomic mass is 9.93. The molecule has 4 heteroatoms. The Morgan fingerprint density at radius 1 is 1.06 bits per heavy atom. The molecule has 0 radical (unpaired) electrons. The van der Waals surface area contributed by atoms with Crippen LogP contribution in [0.1, 0.15) is 47.5 Å². The van der Waals surface area contributed by atoms with E-state index in [4.69, 9.17) is 0 Å². The Morgan fingerprint density at radius 2 is 1.65 bits per heavy atom. The van der Waals surface area contributed by atoms with Gasteiger partial charge in [-0.3, -0.25) is 0 Å². The summed E-state index contributed by atoms with van der Waals surface area (Å²) < 4.78 is 23.4. The lowest BCUT2D eigenvalue weighted by molar-refractivity contribution is 0.358. The molecule has 0 saturated carbocycles. The standard InChI is InChI=1S/C13H29NO2S/c1-6-8-14-10-13(5)12(4)7-9-17(15,16)11(2)3/h11-14H,6-10H2,1-5H3. The fourth-order valence-corrected chi connectivity index (χ4v) is 2.75. The molecular weight excluding hydrogens is 234 g/mol. The van der Waals surface area contributed by atoms with E-state index >= 15 is 0 Å². The van der Waals surface area contributed by atoms with E-state index in [1.54, 1.807) is 13.8 Å². The van der Waals surface area contributed by atoms with Crippen LogP contribution in [-0.2, 0) is 9.84 Å². The minimum Gasteiger partial charge on any atom is -0.316 e. The topological polar surface area (TPSA) is 46.2 Å². The zero-order valence-corrected chi connectivity index (χ0v) is 12.8. The first-order valence-electron chi connectivity index (χ1n) is 6.73. The number of rotatable bonds is 9. The van der Waals surface area contributed by atoms with E-state index < -0.39 is 9.84 Å². The summed E-state index contributed by atoms with van der Waals surface area (Å²) in [4.78, 5) is 0. The molecule has 0 aromatic carbocycles. The third kappa shape index (κ3) is 7.04. The van der Waals surface area contributed by atoms with Crippen molar-refractivity contribution in [3.63, 3.8) is 0 Å². The fraction of sp³-hybridized carbons (Fsp3) is 1.00. The molecule has 0 aliphatic heterocycles. The second-order valence-electron chi connectivity index (χ2n) is 5.36. The molecule has 0 aromatic heterocycles. The third-order valence-corrected chi connectivity index (χ3v) is 5.68. The van der Waals surface area contributed by atoms with Crippen LogP contribution in [0.3, 0.4) is 0 Å². The van der Waals surface area contributed by atoms with Crippen molar-refractivity contribution < 1.29 is 8.42 Å². The molecular formula is C13H29NO2S. The van der Waals surface area contributed by atoms with Gasteiger partial charge in [0.1, 0.15) is 0 Å². The van der Waals surface area contributed by atoms with Crippen molar-refractivity contribution in [3.8, 4) is 0 Å². The van der Waals surface area contributed by atoms with Crippen LogP contribution in [0.2, 0.25) is 0 Å². The van der Waals surface area contributed by atoms with Gasteiger partial charge in [-0.05, 0) is 51.6 Å². The van der Waals surface area contributed by atoms with Crippen LogP contribution >= 0.6 is 0 Å². The number of hydrogen-bond donors (Lipinski definition) is 1. The molecule has 0 spiro atoms. The number of hydrogen-bond acceptors (Lipinski definition) is 3. The lowest BCUT2D eigenvalue weighted by Crippen LogP contribution is -2.27. The zero-order valence-electron chi connectivity index (χ0n) is 12.0. The van der Waals surface area contributed by atoms with Gasteiger partial charge in [0.25, 0.3) is 0 Å². The van der Waals surface area contributed by atoms with Gasteiger partial charge in [-0.2, -0.15) is 0 Å². The van der Waals surface area contributed by atoms with Crippen LogP contribution in [0.4, 0.5) is 0 Å². The van der Waals surface area contributed by atoms with Gasteiger partial charge in [-0.25, -0.2) is 8.42 Å². The summed E-state index contributed by atoms with van der Waals surface area (Å²) in [7, 11) is -2.87. The number of nitrogens with one attached hydrogen (secondary N) is 1. The summed E-state index contributed by atoms with van der Waals surface area (Å²) >= 11 is 0. The van der Waals surface area contributed by atoms with Crippen molar-refractivity contribution in [3.05, 3.63) is 0 Å². The fourth-order valence-electron chi connectivity index (χ4n) is 1.58. The number of sulfone groups is 1. The molecule has 0 amide bonds.